The zero-order valence-corrected chi connectivity index (χ0v) is 9.56. The van der Waals surface area contributed by atoms with Crippen molar-refractivity contribution in [3.8, 4) is 0 Å². The normalized spacial score (nSPS) is 17.7. The number of aromatic amines is 1. The highest BCUT2D eigenvalue weighted by molar-refractivity contribution is 5.91. The second kappa shape index (κ2) is 3.87. The highest BCUT2D eigenvalue weighted by Crippen LogP contribution is 2.30. The van der Waals surface area contributed by atoms with Gasteiger partial charge in [-0.15, -0.1) is 0 Å². The van der Waals surface area contributed by atoms with Crippen molar-refractivity contribution < 1.29 is 14.7 Å². The van der Waals surface area contributed by atoms with E-state index in [-0.39, 0.29) is 6.04 Å². The maximum absolute atomic E-state index is 10.8. The summed E-state index contributed by atoms with van der Waals surface area (Å²) in [6.07, 6.45) is 1.17. The first-order chi connectivity index (χ1) is 8.67. The van der Waals surface area contributed by atoms with E-state index in [0.29, 0.717) is 18.4 Å². The lowest BCUT2D eigenvalue weighted by Gasteiger charge is -2.08. The van der Waals surface area contributed by atoms with Crippen LogP contribution in [0.2, 0.25) is 0 Å². The minimum atomic E-state index is -0.997. The molecule has 1 aliphatic carbocycles. The van der Waals surface area contributed by atoms with Gasteiger partial charge in [0.05, 0.1) is 0 Å². The molecule has 2 aromatic rings. The van der Waals surface area contributed by atoms with Crippen LogP contribution in [0.25, 0.3) is 10.9 Å². The van der Waals surface area contributed by atoms with Gasteiger partial charge in [0.25, 0.3) is 0 Å². The molecule has 5 heteroatoms. The van der Waals surface area contributed by atoms with E-state index >= 15 is 0 Å². The largest absolute Gasteiger partial charge is 0.465 e. The van der Waals surface area contributed by atoms with E-state index in [9.17, 15) is 9.59 Å². The Morgan fingerprint density at radius 2 is 2.28 bits per heavy atom. The third-order valence-corrected chi connectivity index (χ3v) is 3.38. The van der Waals surface area contributed by atoms with E-state index in [1.165, 1.54) is 0 Å². The average Bonchev–Trinajstić information content (AvgIpc) is 2.84. The number of benzene rings is 1. The summed E-state index contributed by atoms with van der Waals surface area (Å²) < 4.78 is 0. The second-order valence-electron chi connectivity index (χ2n) is 4.56. The number of hydrogen-bond acceptors (Lipinski definition) is 2. The molecule has 3 rings (SSSR count). The van der Waals surface area contributed by atoms with Crippen LogP contribution in [0.4, 0.5) is 4.79 Å². The number of H-pyrrole nitrogens is 1. The Morgan fingerprint density at radius 3 is 3.00 bits per heavy atom. The van der Waals surface area contributed by atoms with Crippen LogP contribution in [-0.2, 0) is 12.8 Å². The third kappa shape index (κ3) is 1.64. The molecule has 0 saturated heterocycles. The summed E-state index contributed by atoms with van der Waals surface area (Å²) in [6, 6.07) is 5.43. The second-order valence-corrected chi connectivity index (χ2v) is 4.56. The first-order valence-corrected chi connectivity index (χ1v) is 5.75. The number of fused-ring (bicyclic) bond motifs is 3. The van der Waals surface area contributed by atoms with Crippen LogP contribution in [0, 0.1) is 0 Å². The molecular formula is C13H12N2O3. The number of nitrogens with one attached hydrogen (secondary N) is 2. The highest BCUT2D eigenvalue weighted by atomic mass is 16.4. The maximum atomic E-state index is 10.8. The number of carbonyl (C=O) groups is 2. The fourth-order valence-electron chi connectivity index (χ4n) is 2.64. The Bertz CT molecular complexity index is 645. The molecule has 0 fully saturated rings. The first kappa shape index (κ1) is 10.8. The van der Waals surface area contributed by atoms with E-state index in [2.05, 4.69) is 10.3 Å². The van der Waals surface area contributed by atoms with E-state index in [4.69, 9.17) is 5.11 Å². The van der Waals surface area contributed by atoms with Crippen molar-refractivity contribution in [2.45, 2.75) is 18.9 Å². The van der Waals surface area contributed by atoms with Crippen LogP contribution in [0.5, 0.6) is 0 Å². The summed E-state index contributed by atoms with van der Waals surface area (Å²) in [5, 5.41) is 12.2. The van der Waals surface area contributed by atoms with Crippen LogP contribution in [0.1, 0.15) is 21.6 Å². The Kier molecular flexibility index (Phi) is 2.33. The monoisotopic (exact) mass is 244 g/mol. The molecule has 0 aliphatic heterocycles. The molecule has 0 bridgehead atoms. The molecule has 1 atom stereocenters. The van der Waals surface area contributed by atoms with Crippen molar-refractivity contribution in [1.82, 2.24) is 10.3 Å². The topological polar surface area (TPSA) is 82.2 Å². The molecule has 0 radical (unpaired) electrons. The zero-order chi connectivity index (χ0) is 12.7. The van der Waals surface area contributed by atoms with Crippen LogP contribution < -0.4 is 5.32 Å². The standard InChI is InChI=1S/C13H12N2O3/c16-6-7-1-2-11-9(3-7)10-4-8(14-13(17)18)5-12(10)15-11/h1-3,6,8,14-15H,4-5H2,(H,17,18)/t8-/m1/s1. The fraction of sp³-hybridized carbons (Fsp3) is 0.231. The molecule has 1 amide bonds. The maximum Gasteiger partial charge on any atom is 0.404 e. The fourth-order valence-corrected chi connectivity index (χ4v) is 2.64. The number of amides is 1. The summed E-state index contributed by atoms with van der Waals surface area (Å²) in [7, 11) is 0. The summed E-state index contributed by atoms with van der Waals surface area (Å²) >= 11 is 0. The molecule has 3 N–H and O–H groups in total. The lowest BCUT2D eigenvalue weighted by Crippen LogP contribution is -2.34. The van der Waals surface area contributed by atoms with Crippen LogP contribution in [0.3, 0.4) is 0 Å². The van der Waals surface area contributed by atoms with Crippen LogP contribution >= 0.6 is 0 Å². The summed E-state index contributed by atoms with van der Waals surface area (Å²) in [4.78, 5) is 24.7. The minimum Gasteiger partial charge on any atom is -0.465 e. The number of aromatic nitrogens is 1. The van der Waals surface area contributed by atoms with Gasteiger partial charge in [0, 0.05) is 34.6 Å². The summed E-state index contributed by atoms with van der Waals surface area (Å²) in [5.41, 5.74) is 3.82. The minimum absolute atomic E-state index is 0.0759. The number of carboxylic acid groups (broad SMARTS) is 1. The molecule has 1 heterocycles. The van der Waals surface area contributed by atoms with Crippen LogP contribution in [0.15, 0.2) is 18.2 Å². The van der Waals surface area contributed by atoms with Crippen LogP contribution in [-0.4, -0.2) is 28.5 Å². The van der Waals surface area contributed by atoms with Crippen molar-refractivity contribution in [2.24, 2.45) is 0 Å². The quantitative estimate of drug-likeness (QED) is 0.703. The van der Waals surface area contributed by atoms with Crippen molar-refractivity contribution in [1.29, 1.82) is 0 Å². The molecule has 0 spiro atoms. The SMILES string of the molecule is O=Cc1ccc2[nH]c3c(c2c1)C[C@@H](NC(=O)O)C3. The lowest BCUT2D eigenvalue weighted by atomic mass is 10.1. The Hall–Kier alpha value is -2.30. The van der Waals surface area contributed by atoms with Gasteiger partial charge in [-0.3, -0.25) is 4.79 Å². The van der Waals surface area contributed by atoms with E-state index in [1.54, 1.807) is 6.07 Å². The van der Waals surface area contributed by atoms with Gasteiger partial charge in [-0.2, -0.15) is 0 Å². The smallest absolute Gasteiger partial charge is 0.404 e. The summed E-state index contributed by atoms with van der Waals surface area (Å²) in [6.45, 7) is 0. The lowest BCUT2D eigenvalue weighted by molar-refractivity contribution is 0.112. The van der Waals surface area contributed by atoms with Gasteiger partial charge < -0.3 is 15.4 Å². The van der Waals surface area contributed by atoms with E-state index in [1.807, 2.05) is 12.1 Å². The summed E-state index contributed by atoms with van der Waals surface area (Å²) in [5.74, 6) is 0. The Balaban J connectivity index is 1.99. The molecule has 92 valence electrons. The van der Waals surface area contributed by atoms with Gasteiger partial charge in [-0.05, 0) is 30.2 Å². The molecule has 1 aliphatic rings. The van der Waals surface area contributed by atoms with Crippen molar-refractivity contribution >= 4 is 23.3 Å². The number of aldehydes is 1. The first-order valence-electron chi connectivity index (χ1n) is 5.75. The number of hydrogen-bond donors (Lipinski definition) is 3. The van der Waals surface area contributed by atoms with Gasteiger partial charge in [-0.1, -0.05) is 0 Å². The third-order valence-electron chi connectivity index (χ3n) is 3.38. The molecule has 5 nitrogen and oxygen atoms in total. The van der Waals surface area contributed by atoms with Gasteiger partial charge in [0.15, 0.2) is 0 Å². The molecule has 0 unspecified atom stereocenters. The van der Waals surface area contributed by atoms with Crippen molar-refractivity contribution in [2.75, 3.05) is 0 Å². The number of carbonyl (C=O) groups excluding carboxylic acids is 1. The van der Waals surface area contributed by atoms with Gasteiger partial charge >= 0.3 is 6.09 Å². The highest BCUT2D eigenvalue weighted by Gasteiger charge is 2.26. The van der Waals surface area contributed by atoms with Crippen molar-refractivity contribution in [3.63, 3.8) is 0 Å². The van der Waals surface area contributed by atoms with E-state index in [0.717, 1.165) is 28.4 Å². The molecular weight excluding hydrogens is 232 g/mol. The predicted molar refractivity (Wildman–Crippen MR) is 66.0 cm³/mol. The Labute approximate surface area is 103 Å². The van der Waals surface area contributed by atoms with E-state index < -0.39 is 6.09 Å². The van der Waals surface area contributed by atoms with Gasteiger partial charge in [-0.25, -0.2) is 4.79 Å². The Morgan fingerprint density at radius 1 is 1.44 bits per heavy atom. The molecule has 0 saturated carbocycles. The number of rotatable bonds is 2. The van der Waals surface area contributed by atoms with Gasteiger partial charge in [0.2, 0.25) is 0 Å². The molecule has 1 aromatic carbocycles. The molecule has 1 aromatic heterocycles. The average molecular weight is 244 g/mol. The predicted octanol–water partition coefficient (Wildman–Crippen LogP) is 1.72. The van der Waals surface area contributed by atoms with Crippen molar-refractivity contribution in [3.05, 3.63) is 35.0 Å². The molecule has 18 heavy (non-hydrogen) atoms. The van der Waals surface area contributed by atoms with Gasteiger partial charge in [0.1, 0.15) is 6.29 Å². The zero-order valence-electron chi connectivity index (χ0n) is 9.56.